The summed E-state index contributed by atoms with van der Waals surface area (Å²) in [5.74, 6) is -2.01. The monoisotopic (exact) mass is 601 g/mol. The van der Waals surface area contributed by atoms with Gasteiger partial charge in [0.25, 0.3) is 6.43 Å². The van der Waals surface area contributed by atoms with Crippen LogP contribution < -0.4 is 21.6 Å². The largest absolute Gasteiger partial charge is 0.462 e. The number of ether oxygens (including phenoxy) is 3. The van der Waals surface area contributed by atoms with Crippen LogP contribution in [0.2, 0.25) is 0 Å². The molecular weight excluding hydrogens is 566 g/mol. The number of carbonyl (C=O) groups is 2. The van der Waals surface area contributed by atoms with Crippen molar-refractivity contribution in [2.75, 3.05) is 12.3 Å². The smallest absolute Gasteiger partial charge is 0.351 e. The second kappa shape index (κ2) is 13.4. The summed E-state index contributed by atoms with van der Waals surface area (Å²) in [5, 5.41) is 15.1. The first-order valence-corrected chi connectivity index (χ1v) is 13.9. The molecule has 6 atom stereocenters. The number of hydrogen-bond acceptors (Lipinski definition) is 11. The Morgan fingerprint density at radius 1 is 1.15 bits per heavy atom. The normalized spacial score (nSPS) is 26.1. The average Bonchev–Trinajstić information content (AvgIpc) is 3.08. The quantitative estimate of drug-likeness (QED) is 0.185. The zero-order valence-electron chi connectivity index (χ0n) is 22.7. The van der Waals surface area contributed by atoms with Crippen molar-refractivity contribution in [2.45, 2.75) is 96.4 Å². The van der Waals surface area contributed by atoms with E-state index in [2.05, 4.69) is 15.2 Å². The number of esters is 2. The van der Waals surface area contributed by atoms with Gasteiger partial charge in [0.15, 0.2) is 18.0 Å². The molecule has 1 aromatic rings. The highest BCUT2D eigenvalue weighted by Crippen LogP contribution is 2.47. The van der Waals surface area contributed by atoms with E-state index < -0.39 is 86.7 Å². The Balaban J connectivity index is 2.38. The molecule has 0 spiro atoms. The molecule has 0 saturated carbocycles. The van der Waals surface area contributed by atoms with Crippen molar-refractivity contribution in [2.24, 2.45) is 0 Å². The average molecular weight is 602 g/mol. The molecule has 1 saturated heterocycles. The third-order valence-electron chi connectivity index (χ3n) is 5.52. The Kier molecular flexibility index (Phi) is 11.3. The summed E-state index contributed by atoms with van der Waals surface area (Å²) < 4.78 is 78.6. The zero-order chi connectivity index (χ0) is 30.6. The number of halogens is 3. The van der Waals surface area contributed by atoms with Gasteiger partial charge in [-0.25, -0.2) is 28.1 Å². The summed E-state index contributed by atoms with van der Waals surface area (Å²) in [6.07, 6.45) is -11.0. The van der Waals surface area contributed by atoms with Gasteiger partial charge < -0.3 is 29.6 Å². The van der Waals surface area contributed by atoms with Gasteiger partial charge in [-0.05, 0) is 47.6 Å². The highest BCUT2D eigenvalue weighted by molar-refractivity contribution is 7.54. The topological polar surface area (TPSA) is 193 Å². The van der Waals surface area contributed by atoms with Gasteiger partial charge >= 0.3 is 25.3 Å². The van der Waals surface area contributed by atoms with Crippen molar-refractivity contribution in [1.82, 2.24) is 19.7 Å². The van der Waals surface area contributed by atoms with Crippen LogP contribution in [0.3, 0.4) is 0 Å². The summed E-state index contributed by atoms with van der Waals surface area (Å²) in [6, 6.07) is -1.63. The van der Waals surface area contributed by atoms with Gasteiger partial charge in [-0.1, -0.05) is 0 Å². The molecule has 5 N–H and O–H groups in total. The number of rotatable bonds is 13. The molecular formula is C22H35F3N5O9P. The summed E-state index contributed by atoms with van der Waals surface area (Å²) in [6.45, 7) is 7.27. The van der Waals surface area contributed by atoms with Crippen LogP contribution in [-0.4, -0.2) is 81.8 Å². The number of aromatic nitrogens is 2. The van der Waals surface area contributed by atoms with Crippen LogP contribution in [0.4, 0.5) is 19.0 Å². The van der Waals surface area contributed by atoms with Gasteiger partial charge in [0.1, 0.15) is 24.0 Å². The van der Waals surface area contributed by atoms with Crippen molar-refractivity contribution >= 4 is 25.4 Å². The van der Waals surface area contributed by atoms with Gasteiger partial charge in [-0.2, -0.15) is 4.98 Å². The Morgan fingerprint density at radius 3 is 2.08 bits per heavy atom. The predicted molar refractivity (Wildman–Crippen MR) is 134 cm³/mol. The Morgan fingerprint density at radius 2 is 1.65 bits per heavy atom. The molecule has 0 amide bonds. The van der Waals surface area contributed by atoms with E-state index in [0.717, 1.165) is 12.3 Å². The number of nitrogens with two attached hydrogens (primary N) is 1. The van der Waals surface area contributed by atoms with Crippen molar-refractivity contribution in [3.63, 3.8) is 0 Å². The van der Waals surface area contributed by atoms with Crippen molar-refractivity contribution < 1.29 is 51.2 Å². The fourth-order valence-corrected chi connectivity index (χ4v) is 5.40. The second-order valence-electron chi connectivity index (χ2n) is 9.69. The predicted octanol–water partition coefficient (Wildman–Crippen LogP) is 1.04. The Bertz CT molecular complexity index is 1120. The molecule has 0 aromatic carbocycles. The van der Waals surface area contributed by atoms with Gasteiger partial charge in [-0.15, -0.1) is 0 Å². The lowest BCUT2D eigenvalue weighted by atomic mass is 9.97. The molecule has 2 rings (SSSR count). The number of anilines is 1. The molecule has 1 aromatic heterocycles. The van der Waals surface area contributed by atoms with Crippen LogP contribution in [0.25, 0.3) is 0 Å². The van der Waals surface area contributed by atoms with Crippen LogP contribution in [0, 0.1) is 0 Å². The van der Waals surface area contributed by atoms with E-state index in [1.165, 1.54) is 13.8 Å². The molecule has 228 valence electrons. The van der Waals surface area contributed by atoms with Crippen LogP contribution >= 0.6 is 7.67 Å². The number of aliphatic hydroxyl groups excluding tert-OH is 1. The summed E-state index contributed by atoms with van der Waals surface area (Å²) in [4.78, 5) is 40.2. The van der Waals surface area contributed by atoms with E-state index in [0.29, 0.717) is 4.57 Å². The lowest BCUT2D eigenvalue weighted by Crippen LogP contribution is -2.53. The van der Waals surface area contributed by atoms with Crippen LogP contribution in [0.15, 0.2) is 17.1 Å². The molecule has 0 aliphatic carbocycles. The molecule has 6 unspecified atom stereocenters. The molecule has 40 heavy (non-hydrogen) atoms. The molecule has 18 heteroatoms. The number of carbonyl (C=O) groups excluding carboxylic acids is 2. The van der Waals surface area contributed by atoms with E-state index in [1.54, 1.807) is 27.7 Å². The van der Waals surface area contributed by atoms with E-state index in [-0.39, 0.29) is 5.82 Å². The highest BCUT2D eigenvalue weighted by atomic mass is 31.2. The maximum atomic E-state index is 15.1. The van der Waals surface area contributed by atoms with E-state index in [4.69, 9.17) is 24.5 Å². The first kappa shape index (κ1) is 33.6. The molecule has 2 heterocycles. The highest BCUT2D eigenvalue weighted by Gasteiger charge is 2.62. The first-order valence-electron chi connectivity index (χ1n) is 12.3. The van der Waals surface area contributed by atoms with Crippen LogP contribution in [-0.2, 0) is 32.9 Å². The fourth-order valence-electron chi connectivity index (χ4n) is 3.57. The van der Waals surface area contributed by atoms with Crippen molar-refractivity contribution in [3.05, 3.63) is 22.7 Å². The molecule has 1 fully saturated rings. The number of alkyl halides is 3. The fraction of sp³-hybridized carbons (Fsp3) is 0.727. The SMILES string of the molecule is CC(C)OC(=O)C(C)NP(=O)(NC(C)C(=O)OC(C)C)OCC1(C(F)F)OC(n2ccc(N)nc2=O)C(F)C1O. The Labute approximate surface area is 228 Å². The minimum absolute atomic E-state index is 0.230. The molecule has 0 bridgehead atoms. The lowest BCUT2D eigenvalue weighted by molar-refractivity contribution is -0.192. The minimum Gasteiger partial charge on any atom is -0.462 e. The Hall–Kier alpha value is -2.56. The maximum Gasteiger partial charge on any atom is 0.351 e. The molecule has 1 aliphatic rings. The van der Waals surface area contributed by atoms with Crippen LogP contribution in [0.5, 0.6) is 0 Å². The third kappa shape index (κ3) is 8.01. The van der Waals surface area contributed by atoms with E-state index in [1.807, 2.05) is 0 Å². The summed E-state index contributed by atoms with van der Waals surface area (Å²) in [5.41, 5.74) is 1.11. The van der Waals surface area contributed by atoms with Gasteiger partial charge in [0.2, 0.25) is 0 Å². The van der Waals surface area contributed by atoms with Gasteiger partial charge in [0.05, 0.1) is 18.8 Å². The third-order valence-corrected chi connectivity index (χ3v) is 7.47. The number of nitrogens with zero attached hydrogens (tertiary/aromatic N) is 2. The van der Waals surface area contributed by atoms with E-state index >= 15 is 4.39 Å². The number of nitrogen functional groups attached to an aromatic ring is 1. The maximum absolute atomic E-state index is 15.1. The summed E-state index contributed by atoms with van der Waals surface area (Å²) in [7, 11) is -4.66. The standard InChI is InChI=1S/C22H35F3N5O9P/c1-10(2)37-18(32)12(5)28-40(35,29-13(6)19(33)38-11(3)4)36-9-22(20(24)25)16(31)15(23)17(39-22)30-8-7-14(26)27-21(30)34/h7-8,10-13,15-17,20,31H,9H2,1-6H3,(H2,26,27,34)(H2,28,29,35). The van der Waals surface area contributed by atoms with Crippen molar-refractivity contribution in [1.29, 1.82) is 0 Å². The van der Waals surface area contributed by atoms with Gasteiger partial charge in [0, 0.05) is 6.20 Å². The zero-order valence-corrected chi connectivity index (χ0v) is 23.6. The number of nitrogens with one attached hydrogen (secondary N) is 2. The van der Waals surface area contributed by atoms with Crippen molar-refractivity contribution in [3.8, 4) is 0 Å². The first-order chi connectivity index (χ1) is 18.4. The molecule has 14 nitrogen and oxygen atoms in total. The van der Waals surface area contributed by atoms with E-state index in [9.17, 15) is 32.8 Å². The van der Waals surface area contributed by atoms with Gasteiger partial charge in [-0.3, -0.25) is 18.7 Å². The van der Waals surface area contributed by atoms with Crippen LogP contribution in [0.1, 0.15) is 47.8 Å². The second-order valence-corrected chi connectivity index (χ2v) is 11.6. The summed E-state index contributed by atoms with van der Waals surface area (Å²) >= 11 is 0. The minimum atomic E-state index is -4.66. The number of aliphatic hydroxyl groups is 1. The molecule has 1 aliphatic heterocycles. The number of hydrogen-bond donors (Lipinski definition) is 4. The lowest BCUT2D eigenvalue weighted by Gasteiger charge is -2.33. The molecule has 0 radical (unpaired) electrons.